The molecule has 0 radical (unpaired) electrons. The number of rotatable bonds is 7. The van der Waals surface area contributed by atoms with Crippen LogP contribution in [-0.4, -0.2) is 48.2 Å². The first-order chi connectivity index (χ1) is 12.3. The Balaban J connectivity index is 0.00000243. The minimum Gasteiger partial charge on any atom is -0.444 e. The van der Waals surface area contributed by atoms with Gasteiger partial charge in [-0.15, -0.1) is 24.2 Å². The number of hydrogen-bond acceptors (Lipinski definition) is 5. The van der Waals surface area contributed by atoms with E-state index in [-0.39, 0.29) is 18.3 Å². The van der Waals surface area contributed by atoms with Gasteiger partial charge in [-0.3, -0.25) is 4.79 Å². The highest BCUT2D eigenvalue weighted by Crippen LogP contribution is 2.21. The fraction of sp³-hybridized carbons (Fsp3) is 0.474. The Morgan fingerprint density at radius 1 is 1.31 bits per heavy atom. The van der Waals surface area contributed by atoms with Crippen LogP contribution >= 0.6 is 24.2 Å². The van der Waals surface area contributed by atoms with Crippen LogP contribution in [0.1, 0.15) is 18.5 Å². The Hall–Kier alpha value is -1.50. The summed E-state index contributed by atoms with van der Waals surface area (Å²) in [6, 6.07) is 9.85. The van der Waals surface area contributed by atoms with Gasteiger partial charge in [0, 0.05) is 24.4 Å². The summed E-state index contributed by atoms with van der Waals surface area (Å²) in [7, 11) is 1.99. The second-order valence-electron chi connectivity index (χ2n) is 6.38. The highest BCUT2D eigenvalue weighted by Gasteiger charge is 2.22. The summed E-state index contributed by atoms with van der Waals surface area (Å²) >= 11 is 1.60. The number of thioether (sulfide) groups is 1. The van der Waals surface area contributed by atoms with E-state index >= 15 is 0 Å². The van der Waals surface area contributed by atoms with Crippen molar-refractivity contribution in [3.63, 3.8) is 0 Å². The molecule has 1 aromatic carbocycles. The predicted octanol–water partition coefficient (Wildman–Crippen LogP) is 3.45. The fourth-order valence-electron chi connectivity index (χ4n) is 3.10. The third-order valence-corrected chi connectivity index (χ3v) is 5.46. The van der Waals surface area contributed by atoms with Gasteiger partial charge in [0.1, 0.15) is 6.26 Å². The predicted molar refractivity (Wildman–Crippen MR) is 109 cm³/mol. The molecule has 1 amide bonds. The van der Waals surface area contributed by atoms with Crippen LogP contribution in [0.4, 0.5) is 0 Å². The van der Waals surface area contributed by atoms with Gasteiger partial charge in [0.2, 0.25) is 11.8 Å². The zero-order valence-electron chi connectivity index (χ0n) is 15.0. The lowest BCUT2D eigenvalue weighted by atomic mass is 9.97. The molecule has 1 saturated heterocycles. The highest BCUT2D eigenvalue weighted by molar-refractivity contribution is 7.99. The van der Waals surface area contributed by atoms with Gasteiger partial charge in [0.25, 0.3) is 0 Å². The number of oxazole rings is 1. The van der Waals surface area contributed by atoms with E-state index < -0.39 is 0 Å². The lowest BCUT2D eigenvalue weighted by Gasteiger charge is -2.31. The molecule has 142 valence electrons. The van der Waals surface area contributed by atoms with Crippen LogP contribution < -0.4 is 5.32 Å². The van der Waals surface area contributed by atoms with E-state index in [0.717, 1.165) is 43.7 Å². The molecule has 5 nitrogen and oxygen atoms in total. The summed E-state index contributed by atoms with van der Waals surface area (Å²) in [5, 5.41) is 3.22. The van der Waals surface area contributed by atoms with Crippen LogP contribution in [0.25, 0.3) is 11.5 Å². The van der Waals surface area contributed by atoms with E-state index in [1.54, 1.807) is 18.0 Å². The van der Waals surface area contributed by atoms with Gasteiger partial charge in [-0.1, -0.05) is 18.2 Å². The minimum absolute atomic E-state index is 0. The summed E-state index contributed by atoms with van der Waals surface area (Å²) < 4.78 is 5.53. The summed E-state index contributed by atoms with van der Waals surface area (Å²) in [6.45, 7) is 2.81. The van der Waals surface area contributed by atoms with Crippen LogP contribution in [0.2, 0.25) is 0 Å². The van der Waals surface area contributed by atoms with E-state index in [4.69, 9.17) is 4.42 Å². The van der Waals surface area contributed by atoms with E-state index in [0.29, 0.717) is 23.3 Å². The Morgan fingerprint density at radius 3 is 2.73 bits per heavy atom. The van der Waals surface area contributed by atoms with Gasteiger partial charge in [0.05, 0.1) is 11.4 Å². The molecule has 2 aromatic rings. The monoisotopic (exact) mass is 395 g/mol. The van der Waals surface area contributed by atoms with Crippen molar-refractivity contribution < 1.29 is 9.21 Å². The number of hydrogen-bond donors (Lipinski definition) is 1. The first kappa shape index (κ1) is 20.8. The Bertz CT molecular complexity index is 672. The topological polar surface area (TPSA) is 58.4 Å². The fourth-order valence-corrected chi connectivity index (χ4v) is 3.90. The molecule has 0 atom stereocenters. The Labute approximate surface area is 165 Å². The molecule has 1 fully saturated rings. The minimum atomic E-state index is 0. The number of benzene rings is 1. The van der Waals surface area contributed by atoms with E-state index in [1.807, 2.05) is 42.3 Å². The maximum Gasteiger partial charge on any atom is 0.232 e. The molecule has 0 spiro atoms. The normalized spacial score (nSPS) is 14.9. The van der Waals surface area contributed by atoms with Gasteiger partial charge in [-0.2, -0.15) is 0 Å². The zero-order valence-corrected chi connectivity index (χ0v) is 16.7. The van der Waals surface area contributed by atoms with Crippen LogP contribution in [0.15, 0.2) is 41.0 Å². The molecule has 0 unspecified atom stereocenters. The van der Waals surface area contributed by atoms with Crippen molar-refractivity contribution in [2.45, 2.75) is 18.6 Å². The SMILES string of the molecule is CNCC1CCN(C(=O)CSCc2coc(-c3ccccc3)n2)CC1.Cl. The number of nitrogens with zero attached hydrogens (tertiary/aromatic N) is 2. The van der Waals surface area contributed by atoms with Gasteiger partial charge >= 0.3 is 0 Å². The van der Waals surface area contributed by atoms with Crippen molar-refractivity contribution in [3.05, 3.63) is 42.3 Å². The van der Waals surface area contributed by atoms with Crippen molar-refractivity contribution in [2.75, 3.05) is 32.4 Å². The number of carbonyl (C=O) groups excluding carboxylic acids is 1. The highest BCUT2D eigenvalue weighted by atomic mass is 35.5. The maximum atomic E-state index is 12.3. The molecule has 1 N–H and O–H groups in total. The third kappa shape index (κ3) is 5.76. The van der Waals surface area contributed by atoms with Gasteiger partial charge < -0.3 is 14.6 Å². The third-order valence-electron chi connectivity index (χ3n) is 4.51. The second-order valence-corrected chi connectivity index (χ2v) is 7.37. The number of halogens is 1. The molecule has 1 aliphatic heterocycles. The molecular formula is C19H26ClN3O2S. The maximum absolute atomic E-state index is 12.3. The van der Waals surface area contributed by atoms with Crippen LogP contribution in [0.3, 0.4) is 0 Å². The number of carbonyl (C=O) groups is 1. The summed E-state index contributed by atoms with van der Waals surface area (Å²) in [4.78, 5) is 18.8. The van der Waals surface area contributed by atoms with Crippen molar-refractivity contribution in [2.24, 2.45) is 5.92 Å². The number of nitrogens with one attached hydrogen (secondary N) is 1. The molecule has 1 aliphatic rings. The molecule has 3 rings (SSSR count). The molecule has 26 heavy (non-hydrogen) atoms. The smallest absolute Gasteiger partial charge is 0.232 e. The van der Waals surface area contributed by atoms with Crippen molar-refractivity contribution in [1.29, 1.82) is 0 Å². The van der Waals surface area contributed by atoms with Gasteiger partial charge in [-0.05, 0) is 44.5 Å². The first-order valence-corrected chi connectivity index (χ1v) is 9.91. The van der Waals surface area contributed by atoms with E-state index in [2.05, 4.69) is 10.3 Å². The van der Waals surface area contributed by atoms with Gasteiger partial charge in [0.15, 0.2) is 0 Å². The number of piperidine rings is 1. The lowest BCUT2D eigenvalue weighted by molar-refractivity contribution is -0.129. The van der Waals surface area contributed by atoms with E-state index in [9.17, 15) is 4.79 Å². The van der Waals surface area contributed by atoms with Crippen molar-refractivity contribution >= 4 is 30.1 Å². The summed E-state index contributed by atoms with van der Waals surface area (Å²) in [5.74, 6) is 2.77. The van der Waals surface area contributed by atoms with Crippen molar-refractivity contribution in [3.8, 4) is 11.5 Å². The molecular weight excluding hydrogens is 370 g/mol. The lowest BCUT2D eigenvalue weighted by Crippen LogP contribution is -2.41. The molecule has 7 heteroatoms. The van der Waals surface area contributed by atoms with Crippen LogP contribution in [0.5, 0.6) is 0 Å². The second kappa shape index (κ2) is 10.6. The average molecular weight is 396 g/mol. The molecule has 0 bridgehead atoms. The average Bonchev–Trinajstić information content (AvgIpc) is 3.12. The van der Waals surface area contributed by atoms with Crippen molar-refractivity contribution in [1.82, 2.24) is 15.2 Å². The Kier molecular flexibility index (Phi) is 8.48. The number of amides is 1. The molecule has 0 saturated carbocycles. The van der Waals surface area contributed by atoms with Gasteiger partial charge in [-0.25, -0.2) is 4.98 Å². The molecule has 0 aliphatic carbocycles. The number of likely N-dealkylation sites (tertiary alicyclic amines) is 1. The zero-order chi connectivity index (χ0) is 17.5. The standard InChI is InChI=1S/C19H25N3O2S.ClH/c1-20-11-15-7-9-22(10-8-15)18(23)14-25-13-17-12-24-19(21-17)16-5-3-2-4-6-16;/h2-6,12,15,20H,7-11,13-14H2,1H3;1H. The van der Waals surface area contributed by atoms with E-state index in [1.165, 1.54) is 0 Å². The molecule has 2 heterocycles. The Morgan fingerprint density at radius 2 is 2.04 bits per heavy atom. The summed E-state index contributed by atoms with van der Waals surface area (Å²) in [5.41, 5.74) is 1.85. The number of aromatic nitrogens is 1. The largest absolute Gasteiger partial charge is 0.444 e. The first-order valence-electron chi connectivity index (χ1n) is 8.76. The summed E-state index contributed by atoms with van der Waals surface area (Å²) in [6.07, 6.45) is 3.88. The molecule has 1 aromatic heterocycles. The van der Waals surface area contributed by atoms with Crippen LogP contribution in [0, 0.1) is 5.92 Å². The quantitative estimate of drug-likeness (QED) is 0.778. The van der Waals surface area contributed by atoms with Crippen LogP contribution in [-0.2, 0) is 10.5 Å².